The van der Waals surface area contributed by atoms with Crippen LogP contribution in [0.15, 0.2) is 71.6 Å². The minimum atomic E-state index is -4.06. The van der Waals surface area contributed by atoms with Gasteiger partial charge in [-0.25, -0.2) is 12.8 Å². The number of carbonyl (C=O) groups excluding carboxylic acids is 2. The fraction of sp³-hybridized carbons (Fsp3) is 0.130. The zero-order valence-electron chi connectivity index (χ0n) is 17.7. The molecule has 0 unspecified atom stereocenters. The maximum Gasteiger partial charge on any atom is 0.261 e. The molecule has 0 fully saturated rings. The van der Waals surface area contributed by atoms with Crippen LogP contribution in [0.2, 0.25) is 5.02 Å². The van der Waals surface area contributed by atoms with Crippen LogP contribution in [0.5, 0.6) is 0 Å². The first-order chi connectivity index (χ1) is 15.5. The van der Waals surface area contributed by atoms with Gasteiger partial charge in [0.2, 0.25) is 5.91 Å². The Kier molecular flexibility index (Phi) is 7.35. The minimum absolute atomic E-state index is 0.0532. The van der Waals surface area contributed by atoms with Crippen molar-refractivity contribution in [1.82, 2.24) is 0 Å². The first-order valence-electron chi connectivity index (χ1n) is 9.85. The molecule has 0 aliphatic heterocycles. The maximum absolute atomic E-state index is 13.1. The Morgan fingerprint density at radius 1 is 0.879 bits per heavy atom. The van der Waals surface area contributed by atoms with E-state index >= 15 is 0 Å². The van der Waals surface area contributed by atoms with Gasteiger partial charge in [-0.05, 0) is 60.7 Å². The van der Waals surface area contributed by atoms with Crippen molar-refractivity contribution < 1.29 is 22.4 Å². The fourth-order valence-corrected chi connectivity index (χ4v) is 4.03. The SMILES string of the molecule is CC(C)C(=O)Nc1cccc(NC(=O)c2cc(S(=O)(=O)Nc3ccc(F)cc3)ccc2Cl)c1. The van der Waals surface area contributed by atoms with Crippen LogP contribution in [0, 0.1) is 11.7 Å². The lowest BCUT2D eigenvalue weighted by molar-refractivity contribution is -0.118. The summed E-state index contributed by atoms with van der Waals surface area (Å²) in [5, 5.41) is 5.43. The molecule has 10 heteroatoms. The van der Waals surface area contributed by atoms with Crippen molar-refractivity contribution >= 4 is 50.5 Å². The molecule has 0 radical (unpaired) electrons. The van der Waals surface area contributed by atoms with E-state index in [4.69, 9.17) is 11.6 Å². The topological polar surface area (TPSA) is 104 Å². The molecule has 0 aromatic heterocycles. The van der Waals surface area contributed by atoms with Crippen molar-refractivity contribution in [2.75, 3.05) is 15.4 Å². The Balaban J connectivity index is 1.81. The van der Waals surface area contributed by atoms with Crippen LogP contribution in [0.25, 0.3) is 0 Å². The summed E-state index contributed by atoms with van der Waals surface area (Å²) in [5.74, 6) is -1.52. The van der Waals surface area contributed by atoms with Gasteiger partial charge in [0.05, 0.1) is 15.5 Å². The summed E-state index contributed by atoms with van der Waals surface area (Å²) in [5.41, 5.74) is 0.987. The van der Waals surface area contributed by atoms with E-state index in [9.17, 15) is 22.4 Å². The Morgan fingerprint density at radius 2 is 1.52 bits per heavy atom. The number of carbonyl (C=O) groups is 2. The molecule has 33 heavy (non-hydrogen) atoms. The lowest BCUT2D eigenvalue weighted by atomic mass is 10.2. The van der Waals surface area contributed by atoms with Crippen molar-refractivity contribution in [1.29, 1.82) is 0 Å². The minimum Gasteiger partial charge on any atom is -0.326 e. The second-order valence-corrected chi connectivity index (χ2v) is 9.52. The molecule has 0 spiro atoms. The van der Waals surface area contributed by atoms with E-state index in [1.807, 2.05) is 0 Å². The average molecular weight is 490 g/mol. The van der Waals surface area contributed by atoms with Crippen LogP contribution >= 0.6 is 11.6 Å². The summed E-state index contributed by atoms with van der Waals surface area (Å²) in [7, 11) is -4.06. The quantitative estimate of drug-likeness (QED) is 0.428. The van der Waals surface area contributed by atoms with Crippen molar-refractivity contribution in [3.8, 4) is 0 Å². The van der Waals surface area contributed by atoms with E-state index in [1.54, 1.807) is 38.1 Å². The van der Waals surface area contributed by atoms with Crippen LogP contribution in [0.4, 0.5) is 21.5 Å². The molecular formula is C23H21ClFN3O4S. The Hall–Kier alpha value is -3.43. The van der Waals surface area contributed by atoms with Gasteiger partial charge in [0.25, 0.3) is 15.9 Å². The predicted molar refractivity (Wildman–Crippen MR) is 127 cm³/mol. The summed E-state index contributed by atoms with van der Waals surface area (Å²) < 4.78 is 40.8. The number of anilines is 3. The monoisotopic (exact) mass is 489 g/mol. The van der Waals surface area contributed by atoms with Gasteiger partial charge in [-0.2, -0.15) is 0 Å². The standard InChI is InChI=1S/C23H21ClFN3O4S/c1-14(2)22(29)26-17-4-3-5-18(12-17)27-23(30)20-13-19(10-11-21(20)24)33(31,32)28-16-8-6-15(25)7-9-16/h3-14,28H,1-2H3,(H,26,29)(H,27,30). The number of halogens is 2. The number of hydrogen-bond acceptors (Lipinski definition) is 4. The number of sulfonamides is 1. The van der Waals surface area contributed by atoms with Gasteiger partial charge in [-0.3, -0.25) is 14.3 Å². The van der Waals surface area contributed by atoms with Gasteiger partial charge in [0.1, 0.15) is 5.82 Å². The highest BCUT2D eigenvalue weighted by Gasteiger charge is 2.19. The van der Waals surface area contributed by atoms with Crippen LogP contribution in [-0.2, 0) is 14.8 Å². The third-order valence-electron chi connectivity index (χ3n) is 4.50. The highest BCUT2D eigenvalue weighted by atomic mass is 35.5. The molecule has 3 aromatic rings. The summed E-state index contributed by atoms with van der Waals surface area (Å²) >= 11 is 6.15. The second-order valence-electron chi connectivity index (χ2n) is 7.43. The third kappa shape index (κ3) is 6.30. The lowest BCUT2D eigenvalue weighted by Crippen LogP contribution is -2.18. The van der Waals surface area contributed by atoms with Crippen LogP contribution in [0.3, 0.4) is 0 Å². The van der Waals surface area contributed by atoms with Gasteiger partial charge >= 0.3 is 0 Å². The molecule has 0 bridgehead atoms. The Bertz CT molecular complexity index is 1300. The number of nitrogens with one attached hydrogen (secondary N) is 3. The van der Waals surface area contributed by atoms with Gasteiger partial charge in [0, 0.05) is 23.0 Å². The molecule has 3 rings (SSSR count). The first-order valence-corrected chi connectivity index (χ1v) is 11.7. The second kappa shape index (κ2) is 10.0. The predicted octanol–water partition coefficient (Wildman–Crippen LogP) is 5.13. The van der Waals surface area contributed by atoms with Gasteiger partial charge in [-0.15, -0.1) is 0 Å². The molecule has 0 aliphatic rings. The van der Waals surface area contributed by atoms with E-state index < -0.39 is 21.7 Å². The van der Waals surface area contributed by atoms with Crippen LogP contribution < -0.4 is 15.4 Å². The average Bonchev–Trinajstić information content (AvgIpc) is 2.75. The maximum atomic E-state index is 13.1. The molecule has 0 atom stereocenters. The Morgan fingerprint density at radius 3 is 2.15 bits per heavy atom. The molecular weight excluding hydrogens is 469 g/mol. The Labute approximate surface area is 196 Å². The smallest absolute Gasteiger partial charge is 0.261 e. The van der Waals surface area contributed by atoms with Crippen molar-refractivity contribution in [3.05, 3.63) is 83.1 Å². The number of amides is 2. The van der Waals surface area contributed by atoms with Crippen LogP contribution in [0.1, 0.15) is 24.2 Å². The lowest BCUT2D eigenvalue weighted by Gasteiger charge is -2.12. The van der Waals surface area contributed by atoms with E-state index in [2.05, 4.69) is 15.4 Å². The zero-order valence-corrected chi connectivity index (χ0v) is 19.3. The van der Waals surface area contributed by atoms with Crippen molar-refractivity contribution in [2.45, 2.75) is 18.7 Å². The third-order valence-corrected chi connectivity index (χ3v) is 6.21. The molecule has 0 saturated heterocycles. The highest BCUT2D eigenvalue weighted by Crippen LogP contribution is 2.24. The molecule has 3 N–H and O–H groups in total. The van der Waals surface area contributed by atoms with Gasteiger partial charge in [-0.1, -0.05) is 31.5 Å². The van der Waals surface area contributed by atoms with E-state index in [0.717, 1.165) is 18.2 Å². The van der Waals surface area contributed by atoms with Crippen LogP contribution in [-0.4, -0.2) is 20.2 Å². The summed E-state index contributed by atoms with van der Waals surface area (Å²) in [6, 6.07) is 15.0. The van der Waals surface area contributed by atoms with E-state index in [-0.39, 0.29) is 33.0 Å². The number of benzene rings is 3. The fourth-order valence-electron chi connectivity index (χ4n) is 2.74. The molecule has 2 amide bonds. The van der Waals surface area contributed by atoms with Gasteiger partial charge < -0.3 is 10.6 Å². The van der Waals surface area contributed by atoms with E-state index in [1.165, 1.54) is 24.3 Å². The summed E-state index contributed by atoms with van der Waals surface area (Å²) in [4.78, 5) is 24.5. The molecule has 172 valence electrons. The zero-order chi connectivity index (χ0) is 24.2. The molecule has 7 nitrogen and oxygen atoms in total. The molecule has 0 heterocycles. The van der Waals surface area contributed by atoms with Gasteiger partial charge in [0.15, 0.2) is 0 Å². The summed E-state index contributed by atoms with van der Waals surface area (Å²) in [6.07, 6.45) is 0. The van der Waals surface area contributed by atoms with Crippen molar-refractivity contribution in [3.63, 3.8) is 0 Å². The molecule has 0 saturated carbocycles. The first kappa shape index (κ1) is 24.2. The largest absolute Gasteiger partial charge is 0.326 e. The van der Waals surface area contributed by atoms with Crippen molar-refractivity contribution in [2.24, 2.45) is 5.92 Å². The number of rotatable bonds is 7. The molecule has 3 aromatic carbocycles. The highest BCUT2D eigenvalue weighted by molar-refractivity contribution is 7.92. The number of hydrogen-bond donors (Lipinski definition) is 3. The normalized spacial score (nSPS) is 11.2. The summed E-state index contributed by atoms with van der Waals surface area (Å²) in [6.45, 7) is 3.52. The van der Waals surface area contributed by atoms with E-state index in [0.29, 0.717) is 11.4 Å². The molecule has 0 aliphatic carbocycles.